The predicted molar refractivity (Wildman–Crippen MR) is 47.6 cm³/mol. The Balaban J connectivity index is -0.0000000152. The third kappa shape index (κ3) is 1440. The van der Waals surface area contributed by atoms with Crippen molar-refractivity contribution in [2.75, 3.05) is 0 Å². The number of hydrogen-bond donors (Lipinski definition) is 0. The molecule has 0 aromatic carbocycles. The van der Waals surface area contributed by atoms with Gasteiger partial charge in [-0.1, -0.05) is 7.43 Å². The topological polar surface area (TPSA) is 51.2 Å². The fourth-order valence-corrected chi connectivity index (χ4v) is 0. The summed E-state index contributed by atoms with van der Waals surface area (Å²) in [5.74, 6) is 0. The fourth-order valence-electron chi connectivity index (χ4n) is 0. The van der Waals surface area contributed by atoms with Crippen LogP contribution < -0.4 is 0 Å². The second kappa shape index (κ2) is 72.5. The van der Waals surface area contributed by atoms with Gasteiger partial charge in [0.2, 0.25) is 0 Å². The maximum absolute atomic E-state index is 7.75. The van der Waals surface area contributed by atoms with Crippen LogP contribution in [0.3, 0.4) is 0 Å². The van der Waals surface area contributed by atoms with Crippen molar-refractivity contribution in [3.63, 3.8) is 0 Å². The van der Waals surface area contributed by atoms with Crippen molar-refractivity contribution >= 4 is 52.5 Å². The summed E-state index contributed by atoms with van der Waals surface area (Å²) in [4.78, 5) is 23.2. The number of rotatable bonds is 0. The molecule has 0 fully saturated rings. The van der Waals surface area contributed by atoms with E-state index in [1.165, 1.54) is 0 Å². The first-order valence-corrected chi connectivity index (χ1v) is 10.9. The van der Waals surface area contributed by atoms with E-state index in [1.807, 2.05) is 0 Å². The molecule has 0 saturated carbocycles. The molecule has 0 unspecified atom stereocenters. The van der Waals surface area contributed by atoms with Crippen molar-refractivity contribution in [1.82, 2.24) is 0 Å². The molecule has 0 spiro atoms. The van der Waals surface area contributed by atoms with Gasteiger partial charge in [0, 0.05) is 0 Å². The van der Waals surface area contributed by atoms with Gasteiger partial charge in [0.15, 0.2) is 0 Å². The molecular formula is C4H7BrCl2MoO3-3. The first kappa shape index (κ1) is 29.8. The van der Waals surface area contributed by atoms with Crippen LogP contribution in [0.5, 0.6) is 0 Å². The first-order valence-electron chi connectivity index (χ1n) is 1.17. The van der Waals surface area contributed by atoms with Gasteiger partial charge < -0.3 is 14.4 Å². The fraction of sp³-hybridized carbons (Fsp3) is 0.250. The Morgan fingerprint density at radius 1 is 0.909 bits per heavy atom. The molecule has 0 radical (unpaired) electrons. The molecule has 0 aliphatic rings. The second-order valence-corrected chi connectivity index (χ2v) is 13.9. The molecule has 0 atom stereocenters. The van der Waals surface area contributed by atoms with E-state index in [2.05, 4.69) is 33.7 Å². The molecule has 0 bridgehead atoms. The third-order valence-corrected chi connectivity index (χ3v) is 0. The van der Waals surface area contributed by atoms with E-state index in [0.29, 0.717) is 0 Å². The molecule has 0 aliphatic heterocycles. The van der Waals surface area contributed by atoms with Crippen LogP contribution in [0.15, 0.2) is 0 Å². The van der Waals surface area contributed by atoms with Crippen molar-refractivity contribution in [1.29, 1.82) is 0 Å². The molecule has 71 valence electrons. The van der Waals surface area contributed by atoms with Gasteiger partial charge in [-0.3, -0.25) is 20.4 Å². The molecule has 0 aromatic heterocycles. The van der Waals surface area contributed by atoms with Crippen LogP contribution in [0.4, 0.5) is 0 Å². The van der Waals surface area contributed by atoms with Crippen molar-refractivity contribution in [2.24, 2.45) is 0 Å². The molecule has 0 N–H and O–H groups in total. The SMILES string of the molecule is C.[CH-]=O.[CH-]=O.[CH-]=O.[Cl][Mo]([Cl])[Br]. The summed E-state index contributed by atoms with van der Waals surface area (Å²) in [5.41, 5.74) is 0. The van der Waals surface area contributed by atoms with Gasteiger partial charge in [0.1, 0.15) is 0 Å². The zero-order chi connectivity index (χ0) is 9.58. The summed E-state index contributed by atoms with van der Waals surface area (Å²) < 4.78 is 0. The second-order valence-electron chi connectivity index (χ2n) is 0.175. The summed E-state index contributed by atoms with van der Waals surface area (Å²) in [6, 6.07) is 0. The van der Waals surface area contributed by atoms with E-state index in [4.69, 9.17) is 33.2 Å². The maximum atomic E-state index is 7.75. The van der Waals surface area contributed by atoms with E-state index in [9.17, 15) is 0 Å². The van der Waals surface area contributed by atoms with Crippen molar-refractivity contribution in [3.8, 4) is 0 Å². The van der Waals surface area contributed by atoms with E-state index in [0.717, 1.165) is 0 Å². The molecule has 0 aliphatic carbocycles. The molecule has 0 heterocycles. The van der Waals surface area contributed by atoms with Crippen LogP contribution in [0.1, 0.15) is 7.43 Å². The van der Waals surface area contributed by atoms with Gasteiger partial charge in [-0.15, -0.1) is 0 Å². The third-order valence-electron chi connectivity index (χ3n) is 0. The van der Waals surface area contributed by atoms with E-state index >= 15 is 0 Å². The van der Waals surface area contributed by atoms with E-state index in [-0.39, 0.29) is 7.43 Å². The van der Waals surface area contributed by atoms with Gasteiger partial charge in [-0.05, 0) is 0 Å². The molecule has 0 aromatic rings. The Bertz CT molecular complexity index is 44.8. The van der Waals surface area contributed by atoms with Gasteiger partial charge in [-0.25, -0.2) is 0 Å². The minimum absolute atomic E-state index is 0. The minimum atomic E-state index is -1.60. The number of halogens is 3. The average Bonchev–Trinajstić information content (AvgIpc) is 1.98. The normalized spacial score (nSPS) is 4.36. The van der Waals surface area contributed by atoms with Crippen molar-refractivity contribution in [2.45, 2.75) is 7.43 Å². The van der Waals surface area contributed by atoms with Crippen LogP contribution in [-0.4, -0.2) is 20.4 Å². The Kier molecular flexibility index (Phi) is 196. The Morgan fingerprint density at radius 2 is 0.909 bits per heavy atom. The Morgan fingerprint density at radius 3 is 0.909 bits per heavy atom. The predicted octanol–water partition coefficient (Wildman–Crippen LogP) is 2.04. The summed E-state index contributed by atoms with van der Waals surface area (Å²) >= 11 is 1.37. The van der Waals surface area contributed by atoms with Crippen LogP contribution >= 0.6 is 32.1 Å². The Hall–Kier alpha value is 0.758. The Labute approximate surface area is 87.0 Å². The summed E-state index contributed by atoms with van der Waals surface area (Å²) in [6.07, 6.45) is 0. The van der Waals surface area contributed by atoms with Crippen LogP contribution in [0, 0.1) is 0 Å². The molecule has 0 amide bonds. The summed E-state index contributed by atoms with van der Waals surface area (Å²) in [5, 5.41) is 0. The zero-order valence-corrected chi connectivity index (χ0v) is 9.60. The first-order chi connectivity index (χ1) is 4.73. The van der Waals surface area contributed by atoms with Gasteiger partial charge in [-0.2, -0.15) is 0 Å². The van der Waals surface area contributed by atoms with Crippen molar-refractivity contribution < 1.29 is 27.6 Å². The zero-order valence-electron chi connectivity index (χ0n) is 4.50. The molecule has 11 heavy (non-hydrogen) atoms. The van der Waals surface area contributed by atoms with Crippen LogP contribution in [-0.2, 0) is 27.6 Å². The molecule has 3 nitrogen and oxygen atoms in total. The van der Waals surface area contributed by atoms with Gasteiger partial charge in [0.05, 0.1) is 0 Å². The monoisotopic (exact) mass is 350 g/mol. The van der Waals surface area contributed by atoms with E-state index in [1.54, 1.807) is 0 Å². The average molecular weight is 350 g/mol. The standard InChI is InChI=1S/3CHO.CH4.BrH.2ClH.Mo/c3*1-2;;;;;/h3*1H;1H4;3*1H;/q3*-1;;;;;+3/p-3. The number of carbonyl (C=O) groups excluding carboxylic acids is 3. The summed E-state index contributed by atoms with van der Waals surface area (Å²) in [7, 11) is 10.3. The van der Waals surface area contributed by atoms with E-state index < -0.39 is 13.2 Å². The van der Waals surface area contributed by atoms with Crippen molar-refractivity contribution in [3.05, 3.63) is 0 Å². The molecular weight excluding hydrogens is 343 g/mol. The summed E-state index contributed by atoms with van der Waals surface area (Å²) in [6.45, 7) is 9.75. The molecule has 0 saturated heterocycles. The van der Waals surface area contributed by atoms with Gasteiger partial charge >= 0.3 is 45.3 Å². The van der Waals surface area contributed by atoms with Crippen LogP contribution in [0.2, 0.25) is 0 Å². The quantitative estimate of drug-likeness (QED) is 0.382. The van der Waals surface area contributed by atoms with Gasteiger partial charge in [0.25, 0.3) is 0 Å². The molecule has 7 heteroatoms. The number of hydrogen-bond acceptors (Lipinski definition) is 3. The van der Waals surface area contributed by atoms with Crippen LogP contribution in [0.25, 0.3) is 0 Å². The molecule has 0 rings (SSSR count).